The minimum Gasteiger partial charge on any atom is -0.366 e. The van der Waals surface area contributed by atoms with Gasteiger partial charge in [-0.2, -0.15) is 0 Å². The van der Waals surface area contributed by atoms with Gasteiger partial charge < -0.3 is 15.5 Å². The Hall–Kier alpha value is -1.62. The molecule has 1 atom stereocenters. The molecule has 1 saturated heterocycles. The fraction of sp³-hybridized carbons (Fsp3) is 0.533. The van der Waals surface area contributed by atoms with Gasteiger partial charge in [-0.05, 0) is 18.1 Å². The van der Waals surface area contributed by atoms with Crippen molar-refractivity contribution in [3.8, 4) is 0 Å². The first-order valence-corrected chi connectivity index (χ1v) is 7.04. The highest BCUT2D eigenvalue weighted by Crippen LogP contribution is 2.20. The number of nitrogens with two attached hydrogens (primary N) is 1. The molecule has 0 aliphatic carbocycles. The molecule has 2 rings (SSSR count). The van der Waals surface area contributed by atoms with Crippen molar-refractivity contribution < 1.29 is 9.18 Å². The zero-order valence-electron chi connectivity index (χ0n) is 12.1. The van der Waals surface area contributed by atoms with Crippen LogP contribution in [0, 0.1) is 11.7 Å². The summed E-state index contributed by atoms with van der Waals surface area (Å²) < 4.78 is 13.7. The van der Waals surface area contributed by atoms with Crippen molar-refractivity contribution in [2.45, 2.75) is 19.9 Å². The van der Waals surface area contributed by atoms with Crippen LogP contribution < -0.4 is 10.6 Å². The van der Waals surface area contributed by atoms with Crippen molar-refractivity contribution in [3.63, 3.8) is 0 Å². The van der Waals surface area contributed by atoms with E-state index in [9.17, 15) is 9.18 Å². The van der Waals surface area contributed by atoms with Crippen molar-refractivity contribution in [3.05, 3.63) is 30.1 Å². The summed E-state index contributed by atoms with van der Waals surface area (Å²) in [6, 6.07) is 6.29. The Morgan fingerprint density at radius 3 is 2.35 bits per heavy atom. The summed E-state index contributed by atoms with van der Waals surface area (Å²) in [5, 5.41) is 0. The Balaban J connectivity index is 1.96. The molecule has 0 radical (unpaired) electrons. The Morgan fingerprint density at radius 1 is 1.20 bits per heavy atom. The third kappa shape index (κ3) is 3.10. The van der Waals surface area contributed by atoms with E-state index in [1.54, 1.807) is 17.0 Å². The van der Waals surface area contributed by atoms with Crippen molar-refractivity contribution in [1.82, 2.24) is 4.90 Å². The maximum atomic E-state index is 13.7. The Labute approximate surface area is 119 Å². The molecule has 1 amide bonds. The van der Waals surface area contributed by atoms with Gasteiger partial charge in [0.1, 0.15) is 5.82 Å². The Morgan fingerprint density at radius 2 is 1.80 bits per heavy atom. The van der Waals surface area contributed by atoms with Crippen molar-refractivity contribution in [2.24, 2.45) is 11.7 Å². The van der Waals surface area contributed by atoms with Gasteiger partial charge in [0.2, 0.25) is 5.91 Å². The second-order valence-electron chi connectivity index (χ2n) is 5.53. The summed E-state index contributed by atoms with van der Waals surface area (Å²) in [5.74, 6) is -0.0913. The SMILES string of the molecule is CC(C)C(N)C(=O)N1CCN(c2ccccc2F)CC1. The van der Waals surface area contributed by atoms with Crippen molar-refractivity contribution in [1.29, 1.82) is 0 Å². The van der Waals surface area contributed by atoms with Crippen LogP contribution in [0.1, 0.15) is 13.8 Å². The maximum Gasteiger partial charge on any atom is 0.239 e. The van der Waals surface area contributed by atoms with Crippen LogP contribution in [0.25, 0.3) is 0 Å². The van der Waals surface area contributed by atoms with E-state index in [-0.39, 0.29) is 17.6 Å². The van der Waals surface area contributed by atoms with Crippen LogP contribution in [0.4, 0.5) is 10.1 Å². The van der Waals surface area contributed by atoms with E-state index in [4.69, 9.17) is 5.73 Å². The smallest absolute Gasteiger partial charge is 0.239 e. The summed E-state index contributed by atoms with van der Waals surface area (Å²) >= 11 is 0. The molecule has 110 valence electrons. The molecule has 0 saturated carbocycles. The van der Waals surface area contributed by atoms with E-state index >= 15 is 0 Å². The highest BCUT2D eigenvalue weighted by molar-refractivity contribution is 5.82. The molecule has 20 heavy (non-hydrogen) atoms. The Kier molecular flexibility index (Phi) is 4.60. The molecule has 1 heterocycles. The predicted molar refractivity (Wildman–Crippen MR) is 78.0 cm³/mol. The number of amides is 1. The summed E-state index contributed by atoms with van der Waals surface area (Å²) in [4.78, 5) is 15.9. The number of nitrogens with zero attached hydrogens (tertiary/aromatic N) is 2. The molecule has 4 nitrogen and oxygen atoms in total. The average Bonchev–Trinajstić information content (AvgIpc) is 2.46. The quantitative estimate of drug-likeness (QED) is 0.911. The normalized spacial score (nSPS) is 17.4. The summed E-state index contributed by atoms with van der Waals surface area (Å²) in [7, 11) is 0. The lowest BCUT2D eigenvalue weighted by molar-refractivity contribution is -0.133. The van der Waals surface area contributed by atoms with Gasteiger partial charge in [-0.1, -0.05) is 26.0 Å². The van der Waals surface area contributed by atoms with Crippen LogP contribution >= 0.6 is 0 Å². The fourth-order valence-corrected chi connectivity index (χ4v) is 2.37. The molecule has 2 N–H and O–H groups in total. The van der Waals surface area contributed by atoms with Crippen LogP contribution in [0.2, 0.25) is 0 Å². The molecule has 1 aliphatic rings. The lowest BCUT2D eigenvalue weighted by atomic mass is 10.0. The highest BCUT2D eigenvalue weighted by atomic mass is 19.1. The van der Waals surface area contributed by atoms with E-state index in [0.29, 0.717) is 31.9 Å². The molecule has 1 fully saturated rings. The first-order valence-electron chi connectivity index (χ1n) is 7.04. The van der Waals surface area contributed by atoms with Crippen LogP contribution in [0.5, 0.6) is 0 Å². The highest BCUT2D eigenvalue weighted by Gasteiger charge is 2.27. The van der Waals surface area contributed by atoms with Gasteiger partial charge in [0.25, 0.3) is 0 Å². The molecular weight excluding hydrogens is 257 g/mol. The number of halogens is 1. The van der Waals surface area contributed by atoms with Gasteiger partial charge in [-0.3, -0.25) is 4.79 Å². The van der Waals surface area contributed by atoms with Crippen molar-refractivity contribution >= 4 is 11.6 Å². The number of benzene rings is 1. The number of hydrogen-bond donors (Lipinski definition) is 1. The van der Waals surface area contributed by atoms with E-state index in [1.807, 2.05) is 24.8 Å². The topological polar surface area (TPSA) is 49.6 Å². The first kappa shape index (κ1) is 14.8. The van der Waals surface area contributed by atoms with Crippen LogP contribution in [0.3, 0.4) is 0 Å². The number of anilines is 1. The van der Waals surface area contributed by atoms with Crippen LogP contribution in [-0.4, -0.2) is 43.0 Å². The zero-order chi connectivity index (χ0) is 14.7. The number of carbonyl (C=O) groups is 1. The van der Waals surface area contributed by atoms with Crippen LogP contribution in [0.15, 0.2) is 24.3 Å². The van der Waals surface area contributed by atoms with Gasteiger partial charge in [0, 0.05) is 26.2 Å². The molecule has 5 heteroatoms. The molecule has 1 unspecified atom stereocenters. The Bertz CT molecular complexity index is 470. The molecule has 0 bridgehead atoms. The lowest BCUT2D eigenvalue weighted by Crippen LogP contribution is -2.54. The molecule has 0 spiro atoms. The zero-order valence-corrected chi connectivity index (χ0v) is 12.1. The van der Waals surface area contributed by atoms with Crippen molar-refractivity contribution in [2.75, 3.05) is 31.1 Å². The molecule has 1 aromatic rings. The molecular formula is C15H22FN3O. The summed E-state index contributed by atoms with van der Waals surface area (Å²) in [5.41, 5.74) is 6.50. The first-order chi connectivity index (χ1) is 9.50. The van der Waals surface area contributed by atoms with Crippen LogP contribution in [-0.2, 0) is 4.79 Å². The summed E-state index contributed by atoms with van der Waals surface area (Å²) in [6.07, 6.45) is 0. The molecule has 1 aromatic carbocycles. The van der Waals surface area contributed by atoms with E-state index < -0.39 is 6.04 Å². The van der Waals surface area contributed by atoms with Gasteiger partial charge in [0.05, 0.1) is 11.7 Å². The van der Waals surface area contributed by atoms with Gasteiger partial charge in [-0.25, -0.2) is 4.39 Å². The monoisotopic (exact) mass is 279 g/mol. The van der Waals surface area contributed by atoms with E-state index in [1.165, 1.54) is 6.07 Å². The fourth-order valence-electron chi connectivity index (χ4n) is 2.37. The van der Waals surface area contributed by atoms with E-state index in [0.717, 1.165) is 0 Å². The third-order valence-corrected chi connectivity index (χ3v) is 3.79. The van der Waals surface area contributed by atoms with E-state index in [2.05, 4.69) is 0 Å². The largest absolute Gasteiger partial charge is 0.366 e. The molecule has 0 aromatic heterocycles. The van der Waals surface area contributed by atoms with Gasteiger partial charge in [-0.15, -0.1) is 0 Å². The lowest BCUT2D eigenvalue weighted by Gasteiger charge is -2.37. The van der Waals surface area contributed by atoms with Gasteiger partial charge in [0.15, 0.2) is 0 Å². The average molecular weight is 279 g/mol. The second kappa shape index (κ2) is 6.22. The maximum absolute atomic E-state index is 13.7. The minimum atomic E-state index is -0.449. The number of piperazine rings is 1. The number of hydrogen-bond acceptors (Lipinski definition) is 3. The van der Waals surface area contributed by atoms with Gasteiger partial charge >= 0.3 is 0 Å². The number of rotatable bonds is 3. The summed E-state index contributed by atoms with van der Waals surface area (Å²) in [6.45, 7) is 6.34. The molecule has 1 aliphatic heterocycles. The third-order valence-electron chi connectivity index (χ3n) is 3.79. The number of para-hydroxylation sites is 1. The minimum absolute atomic E-state index is 0.00631. The standard InChI is InChI=1S/C15H22FN3O/c1-11(2)14(17)15(20)19-9-7-18(8-10-19)13-6-4-3-5-12(13)16/h3-6,11,14H,7-10,17H2,1-2H3. The number of carbonyl (C=O) groups excluding carboxylic acids is 1. The second-order valence-corrected chi connectivity index (χ2v) is 5.53. The predicted octanol–water partition coefficient (Wildman–Crippen LogP) is 1.46.